The zero-order valence-corrected chi connectivity index (χ0v) is 26.3. The molecule has 3 heterocycles. The number of nitrogens with zero attached hydrogens (tertiary/aromatic N) is 5. The number of fused-ring (bicyclic) bond motifs is 1. The summed E-state index contributed by atoms with van der Waals surface area (Å²) >= 11 is 0. The van der Waals surface area contributed by atoms with E-state index in [0.717, 1.165) is 49.8 Å². The third-order valence-electron chi connectivity index (χ3n) is 7.94. The summed E-state index contributed by atoms with van der Waals surface area (Å²) in [6, 6.07) is 7.47. The van der Waals surface area contributed by atoms with Crippen molar-refractivity contribution in [3.63, 3.8) is 0 Å². The van der Waals surface area contributed by atoms with Crippen LogP contribution in [0.5, 0.6) is 0 Å². The number of methoxy groups -OCH3 is 1. The van der Waals surface area contributed by atoms with E-state index in [9.17, 15) is 14.4 Å². The van der Waals surface area contributed by atoms with Gasteiger partial charge in [0.25, 0.3) is 5.91 Å². The first kappa shape index (κ1) is 31.8. The van der Waals surface area contributed by atoms with Gasteiger partial charge >= 0.3 is 6.09 Å². The van der Waals surface area contributed by atoms with Crippen molar-refractivity contribution in [2.75, 3.05) is 46.4 Å². The topological polar surface area (TPSA) is 97.2 Å². The van der Waals surface area contributed by atoms with Crippen LogP contribution >= 0.6 is 0 Å². The molecule has 2 saturated heterocycles. The SMILES string of the molecule is COCCCCn1c(C(=O)N(CC(C)C)[C@H]2C[C@@H](C(=O)N3CCCC3)CN(C(=O)OC(C)(C)C)C2)nc2ccccc21. The molecule has 0 spiro atoms. The highest BCUT2D eigenvalue weighted by Gasteiger charge is 2.42. The van der Waals surface area contributed by atoms with Gasteiger partial charge in [0.05, 0.1) is 23.0 Å². The first-order chi connectivity index (χ1) is 20.0. The minimum Gasteiger partial charge on any atom is -0.444 e. The lowest BCUT2D eigenvalue weighted by molar-refractivity contribution is -0.137. The number of likely N-dealkylation sites (tertiary alicyclic amines) is 2. The zero-order chi connectivity index (χ0) is 30.4. The van der Waals surface area contributed by atoms with Gasteiger partial charge in [-0.25, -0.2) is 9.78 Å². The molecule has 2 atom stereocenters. The van der Waals surface area contributed by atoms with E-state index in [2.05, 4.69) is 13.8 Å². The van der Waals surface area contributed by atoms with E-state index in [-0.39, 0.29) is 23.8 Å². The number of ether oxygens (including phenoxy) is 2. The van der Waals surface area contributed by atoms with Crippen molar-refractivity contribution in [3.8, 4) is 0 Å². The van der Waals surface area contributed by atoms with Crippen LogP contribution in [0.4, 0.5) is 4.79 Å². The van der Waals surface area contributed by atoms with E-state index in [1.165, 1.54) is 0 Å². The van der Waals surface area contributed by atoms with Crippen LogP contribution in [0.3, 0.4) is 0 Å². The molecule has 2 fully saturated rings. The van der Waals surface area contributed by atoms with Gasteiger partial charge in [-0.1, -0.05) is 26.0 Å². The van der Waals surface area contributed by atoms with Crippen LogP contribution in [0.1, 0.15) is 77.3 Å². The van der Waals surface area contributed by atoms with Gasteiger partial charge in [-0.3, -0.25) is 9.59 Å². The van der Waals surface area contributed by atoms with Gasteiger partial charge in [0.1, 0.15) is 5.60 Å². The molecule has 2 aliphatic rings. The molecule has 0 aliphatic carbocycles. The van der Waals surface area contributed by atoms with Crippen molar-refractivity contribution in [3.05, 3.63) is 30.1 Å². The van der Waals surface area contributed by atoms with Crippen LogP contribution in [0.25, 0.3) is 11.0 Å². The standard InChI is InChI=1S/C32H49N5O5/c1-23(2)20-37(30(39)28-33-26-13-7-8-14-27(26)36(28)17-11-12-18-41-6)25-19-24(29(38)34-15-9-10-16-34)21-35(22-25)31(40)42-32(3,4)5/h7-8,13-14,23-25H,9-12,15-22H2,1-6H3/t24-,25+/m1/s1. The van der Waals surface area contributed by atoms with Crippen LogP contribution in [0.2, 0.25) is 0 Å². The summed E-state index contributed by atoms with van der Waals surface area (Å²) in [7, 11) is 1.69. The van der Waals surface area contributed by atoms with Crippen LogP contribution in [0, 0.1) is 11.8 Å². The molecule has 3 amide bonds. The number of hydrogen-bond acceptors (Lipinski definition) is 6. The first-order valence-electron chi connectivity index (χ1n) is 15.5. The summed E-state index contributed by atoms with van der Waals surface area (Å²) in [5, 5.41) is 0. The predicted octanol–water partition coefficient (Wildman–Crippen LogP) is 4.81. The summed E-state index contributed by atoms with van der Waals surface area (Å²) in [5.74, 6) is 0.0667. The number of amides is 3. The molecule has 0 saturated carbocycles. The molecule has 232 valence electrons. The fraction of sp³-hybridized carbons (Fsp3) is 0.688. The lowest BCUT2D eigenvalue weighted by Crippen LogP contribution is -2.58. The molecule has 1 aromatic heterocycles. The van der Waals surface area contributed by atoms with Crippen LogP contribution in [0.15, 0.2) is 24.3 Å². The number of imidazole rings is 1. The molecule has 0 unspecified atom stereocenters. The minimum atomic E-state index is -0.667. The molecule has 0 bridgehead atoms. The van der Waals surface area contributed by atoms with Gasteiger partial charge in [-0.05, 0) is 70.9 Å². The first-order valence-corrected chi connectivity index (χ1v) is 15.5. The summed E-state index contributed by atoms with van der Waals surface area (Å²) in [4.78, 5) is 51.7. The quantitative estimate of drug-likeness (QED) is 0.373. The lowest BCUT2D eigenvalue weighted by Gasteiger charge is -2.43. The average Bonchev–Trinajstić information content (AvgIpc) is 3.61. The number of unbranched alkanes of at least 4 members (excludes halogenated alkanes) is 1. The fourth-order valence-corrected chi connectivity index (χ4v) is 6.05. The minimum absolute atomic E-state index is 0.0630. The van der Waals surface area contributed by atoms with Gasteiger partial charge in [-0.2, -0.15) is 0 Å². The Hall–Kier alpha value is -3.14. The number of benzene rings is 1. The molecule has 10 heteroatoms. The van der Waals surface area contributed by atoms with Crippen molar-refractivity contribution in [1.29, 1.82) is 0 Å². The molecular weight excluding hydrogens is 534 g/mol. The maximum atomic E-state index is 14.5. The Labute approximate surface area is 250 Å². The monoisotopic (exact) mass is 583 g/mol. The van der Waals surface area contributed by atoms with Crippen LogP contribution < -0.4 is 0 Å². The smallest absolute Gasteiger partial charge is 0.410 e. The van der Waals surface area contributed by atoms with Gasteiger partial charge in [0.15, 0.2) is 5.82 Å². The third-order valence-corrected chi connectivity index (χ3v) is 7.94. The van der Waals surface area contributed by atoms with E-state index in [1.807, 2.05) is 59.4 Å². The van der Waals surface area contributed by atoms with E-state index >= 15 is 0 Å². The largest absolute Gasteiger partial charge is 0.444 e. The van der Waals surface area contributed by atoms with E-state index < -0.39 is 17.6 Å². The summed E-state index contributed by atoms with van der Waals surface area (Å²) in [5.41, 5.74) is 1.03. The fourth-order valence-electron chi connectivity index (χ4n) is 6.05. The number of piperidine rings is 1. The molecule has 0 N–H and O–H groups in total. The highest BCUT2D eigenvalue weighted by atomic mass is 16.6. The molecular formula is C32H49N5O5. The number of hydrogen-bond donors (Lipinski definition) is 0. The van der Waals surface area contributed by atoms with Crippen LogP contribution in [-0.4, -0.2) is 100 Å². The number of carbonyl (C=O) groups excluding carboxylic acids is 3. The van der Waals surface area contributed by atoms with Gasteiger partial charge < -0.3 is 28.7 Å². The summed E-state index contributed by atoms with van der Waals surface area (Å²) < 4.78 is 13.0. The van der Waals surface area contributed by atoms with Crippen molar-refractivity contribution >= 4 is 28.9 Å². The molecule has 1 aromatic carbocycles. The Kier molecular flexibility index (Phi) is 10.5. The third kappa shape index (κ3) is 7.82. The molecule has 2 aromatic rings. The second kappa shape index (κ2) is 13.9. The summed E-state index contributed by atoms with van der Waals surface area (Å²) in [6.07, 6.45) is 3.77. The number of aromatic nitrogens is 2. The van der Waals surface area contributed by atoms with Gasteiger partial charge in [0.2, 0.25) is 5.91 Å². The normalized spacial score (nSPS) is 19.5. The Balaban J connectivity index is 1.68. The Morgan fingerprint density at radius 2 is 1.76 bits per heavy atom. The highest BCUT2D eigenvalue weighted by molar-refractivity contribution is 5.95. The molecule has 0 radical (unpaired) electrons. The number of rotatable bonds is 10. The lowest BCUT2D eigenvalue weighted by atomic mass is 9.91. The Morgan fingerprint density at radius 1 is 1.05 bits per heavy atom. The predicted molar refractivity (Wildman–Crippen MR) is 162 cm³/mol. The van der Waals surface area contributed by atoms with Crippen LogP contribution in [-0.2, 0) is 20.8 Å². The van der Waals surface area contributed by atoms with E-state index in [1.54, 1.807) is 12.0 Å². The molecule has 4 rings (SSSR count). The summed E-state index contributed by atoms with van der Waals surface area (Å²) in [6.45, 7) is 13.6. The van der Waals surface area contributed by atoms with Gasteiger partial charge in [-0.15, -0.1) is 0 Å². The van der Waals surface area contributed by atoms with Crippen molar-refractivity contribution in [1.82, 2.24) is 24.3 Å². The maximum Gasteiger partial charge on any atom is 0.410 e. The number of aryl methyl sites for hydroxylation is 1. The van der Waals surface area contributed by atoms with E-state index in [0.29, 0.717) is 45.0 Å². The number of carbonyl (C=O) groups is 3. The molecule has 2 aliphatic heterocycles. The molecule has 10 nitrogen and oxygen atoms in total. The molecule has 42 heavy (non-hydrogen) atoms. The number of para-hydroxylation sites is 2. The zero-order valence-electron chi connectivity index (χ0n) is 26.3. The second-order valence-electron chi connectivity index (χ2n) is 13.1. The van der Waals surface area contributed by atoms with Crippen molar-refractivity contribution < 1.29 is 23.9 Å². The van der Waals surface area contributed by atoms with E-state index in [4.69, 9.17) is 14.5 Å². The van der Waals surface area contributed by atoms with Gasteiger partial charge in [0, 0.05) is 53.0 Å². The Bertz CT molecular complexity index is 1230. The Morgan fingerprint density at radius 3 is 2.43 bits per heavy atom. The van der Waals surface area contributed by atoms with Crippen molar-refractivity contribution in [2.24, 2.45) is 11.8 Å². The van der Waals surface area contributed by atoms with Crippen molar-refractivity contribution in [2.45, 2.75) is 84.9 Å². The second-order valence-corrected chi connectivity index (χ2v) is 13.1. The average molecular weight is 584 g/mol. The highest BCUT2D eigenvalue weighted by Crippen LogP contribution is 2.28. The maximum absolute atomic E-state index is 14.5.